The number of rotatable bonds is 2. The molecule has 112 valence electrons. The maximum atomic E-state index is 3.44. The standard InChI is InChI=1S/C22H19N/c1-15-7-5-8-16(2)21(15)17-10-6-11-18(13-17)22-20-12-4-3-9-19(20)14-23-22/h3-14,23H,1-2H3. The second-order valence-corrected chi connectivity index (χ2v) is 6.10. The summed E-state index contributed by atoms with van der Waals surface area (Å²) in [5.74, 6) is 0. The quantitative estimate of drug-likeness (QED) is 0.459. The van der Waals surface area contributed by atoms with Gasteiger partial charge in [0.25, 0.3) is 0 Å². The molecule has 0 fully saturated rings. The fraction of sp³-hybridized carbons (Fsp3) is 0.0909. The normalized spacial score (nSPS) is 11.0. The summed E-state index contributed by atoms with van der Waals surface area (Å²) in [4.78, 5) is 3.44. The van der Waals surface area contributed by atoms with Crippen molar-refractivity contribution in [2.75, 3.05) is 0 Å². The van der Waals surface area contributed by atoms with Crippen LogP contribution >= 0.6 is 0 Å². The molecule has 4 rings (SSSR count). The van der Waals surface area contributed by atoms with Crippen LogP contribution < -0.4 is 0 Å². The highest BCUT2D eigenvalue weighted by Crippen LogP contribution is 2.33. The van der Waals surface area contributed by atoms with E-state index < -0.39 is 0 Å². The Balaban J connectivity index is 1.90. The molecule has 0 aliphatic heterocycles. The Morgan fingerprint density at radius 3 is 2.22 bits per heavy atom. The van der Waals surface area contributed by atoms with Crippen LogP contribution in [0.3, 0.4) is 0 Å². The maximum Gasteiger partial charge on any atom is 0.0533 e. The highest BCUT2D eigenvalue weighted by Gasteiger charge is 2.09. The number of hydrogen-bond donors (Lipinski definition) is 1. The lowest BCUT2D eigenvalue weighted by atomic mass is 9.94. The number of H-pyrrole nitrogens is 1. The molecule has 0 bridgehead atoms. The minimum Gasteiger partial charge on any atom is -0.360 e. The fourth-order valence-corrected chi connectivity index (χ4v) is 3.42. The minimum absolute atomic E-state index is 1.19. The average molecular weight is 297 g/mol. The highest BCUT2D eigenvalue weighted by atomic mass is 14.7. The number of nitrogens with one attached hydrogen (secondary N) is 1. The first-order chi connectivity index (χ1) is 11.2. The van der Waals surface area contributed by atoms with E-state index in [0.29, 0.717) is 0 Å². The van der Waals surface area contributed by atoms with Gasteiger partial charge in [0.2, 0.25) is 0 Å². The Bertz CT molecular complexity index is 971. The molecule has 0 saturated heterocycles. The van der Waals surface area contributed by atoms with E-state index >= 15 is 0 Å². The number of benzene rings is 3. The van der Waals surface area contributed by atoms with Crippen LogP contribution in [0.2, 0.25) is 0 Å². The van der Waals surface area contributed by atoms with Crippen LogP contribution in [0.1, 0.15) is 11.1 Å². The van der Waals surface area contributed by atoms with E-state index in [9.17, 15) is 0 Å². The predicted octanol–water partition coefficient (Wildman–Crippen LogP) is 6.12. The SMILES string of the molecule is Cc1cccc(C)c1-c1cccc(-c2[nH]cc3ccccc23)c1. The van der Waals surface area contributed by atoms with Crippen molar-refractivity contribution in [3.05, 3.63) is 84.1 Å². The predicted molar refractivity (Wildman–Crippen MR) is 98.6 cm³/mol. The lowest BCUT2D eigenvalue weighted by Gasteiger charge is -2.11. The Hall–Kier alpha value is -2.80. The van der Waals surface area contributed by atoms with E-state index in [1.807, 2.05) is 0 Å². The molecular weight excluding hydrogens is 278 g/mol. The van der Waals surface area contributed by atoms with Gasteiger partial charge in [0.15, 0.2) is 0 Å². The molecule has 0 unspecified atom stereocenters. The summed E-state index contributed by atoms with van der Waals surface area (Å²) in [5.41, 5.74) is 7.67. The first-order valence-electron chi connectivity index (χ1n) is 7.97. The summed E-state index contributed by atoms with van der Waals surface area (Å²) in [7, 11) is 0. The summed E-state index contributed by atoms with van der Waals surface area (Å²) in [6.07, 6.45) is 2.08. The average Bonchev–Trinajstić information content (AvgIpc) is 2.99. The second-order valence-electron chi connectivity index (χ2n) is 6.10. The zero-order chi connectivity index (χ0) is 15.8. The number of aromatic amines is 1. The summed E-state index contributed by atoms with van der Waals surface area (Å²) in [6.45, 7) is 4.36. The van der Waals surface area contributed by atoms with Crippen LogP contribution in [0.5, 0.6) is 0 Å². The van der Waals surface area contributed by atoms with Crippen molar-refractivity contribution in [2.24, 2.45) is 0 Å². The van der Waals surface area contributed by atoms with Crippen molar-refractivity contribution in [3.8, 4) is 22.4 Å². The summed E-state index contributed by atoms with van der Waals surface area (Å²) in [6, 6.07) is 23.8. The van der Waals surface area contributed by atoms with Gasteiger partial charge in [-0.1, -0.05) is 60.7 Å². The van der Waals surface area contributed by atoms with Crippen LogP contribution in [0.25, 0.3) is 33.2 Å². The molecular formula is C22H19N. The Labute approximate surface area is 136 Å². The Kier molecular flexibility index (Phi) is 3.27. The molecule has 0 spiro atoms. The molecule has 0 saturated carbocycles. The monoisotopic (exact) mass is 297 g/mol. The van der Waals surface area contributed by atoms with Crippen LogP contribution in [0.4, 0.5) is 0 Å². The van der Waals surface area contributed by atoms with Gasteiger partial charge in [0.1, 0.15) is 0 Å². The largest absolute Gasteiger partial charge is 0.360 e. The molecule has 1 nitrogen and oxygen atoms in total. The van der Waals surface area contributed by atoms with Gasteiger partial charge in [-0.15, -0.1) is 0 Å². The lowest BCUT2D eigenvalue weighted by molar-refractivity contribution is 1.37. The fourth-order valence-electron chi connectivity index (χ4n) is 3.42. The van der Waals surface area contributed by atoms with Gasteiger partial charge in [-0.2, -0.15) is 0 Å². The zero-order valence-electron chi connectivity index (χ0n) is 13.4. The number of fused-ring (bicyclic) bond motifs is 1. The third-order valence-electron chi connectivity index (χ3n) is 4.52. The van der Waals surface area contributed by atoms with Crippen LogP contribution in [-0.2, 0) is 0 Å². The number of aromatic nitrogens is 1. The van der Waals surface area contributed by atoms with E-state index in [2.05, 4.69) is 91.8 Å². The topological polar surface area (TPSA) is 15.8 Å². The Morgan fingerprint density at radius 1 is 0.696 bits per heavy atom. The van der Waals surface area contributed by atoms with Gasteiger partial charge in [0, 0.05) is 11.6 Å². The van der Waals surface area contributed by atoms with Crippen molar-refractivity contribution in [3.63, 3.8) is 0 Å². The molecule has 0 aliphatic carbocycles. The molecule has 0 aliphatic rings. The molecule has 23 heavy (non-hydrogen) atoms. The molecule has 0 radical (unpaired) electrons. The van der Waals surface area contributed by atoms with Crippen molar-refractivity contribution >= 4 is 10.8 Å². The van der Waals surface area contributed by atoms with Gasteiger partial charge < -0.3 is 4.98 Å². The van der Waals surface area contributed by atoms with Crippen LogP contribution in [0.15, 0.2) is 72.9 Å². The summed E-state index contributed by atoms with van der Waals surface area (Å²) >= 11 is 0. The molecule has 4 aromatic rings. The molecule has 1 heteroatoms. The first kappa shape index (κ1) is 13.8. The summed E-state index contributed by atoms with van der Waals surface area (Å²) in [5, 5.41) is 2.52. The van der Waals surface area contributed by atoms with E-state index in [4.69, 9.17) is 0 Å². The summed E-state index contributed by atoms with van der Waals surface area (Å²) < 4.78 is 0. The smallest absolute Gasteiger partial charge is 0.0533 e. The van der Waals surface area contributed by atoms with Gasteiger partial charge >= 0.3 is 0 Å². The molecule has 3 aromatic carbocycles. The van der Waals surface area contributed by atoms with E-state index in [1.165, 1.54) is 44.3 Å². The van der Waals surface area contributed by atoms with Gasteiger partial charge in [-0.05, 0) is 53.1 Å². The minimum atomic E-state index is 1.19. The molecule has 1 N–H and O–H groups in total. The zero-order valence-corrected chi connectivity index (χ0v) is 13.4. The van der Waals surface area contributed by atoms with Gasteiger partial charge in [0.05, 0.1) is 5.69 Å². The van der Waals surface area contributed by atoms with Crippen molar-refractivity contribution in [1.82, 2.24) is 4.98 Å². The van der Waals surface area contributed by atoms with Crippen LogP contribution in [-0.4, -0.2) is 4.98 Å². The molecule has 1 aromatic heterocycles. The third kappa shape index (κ3) is 2.35. The van der Waals surface area contributed by atoms with Gasteiger partial charge in [-0.3, -0.25) is 0 Å². The Morgan fingerprint density at radius 2 is 1.39 bits per heavy atom. The van der Waals surface area contributed by atoms with E-state index in [-0.39, 0.29) is 0 Å². The van der Waals surface area contributed by atoms with Crippen molar-refractivity contribution < 1.29 is 0 Å². The lowest BCUT2D eigenvalue weighted by Crippen LogP contribution is -1.88. The third-order valence-corrected chi connectivity index (χ3v) is 4.52. The van der Waals surface area contributed by atoms with Crippen molar-refractivity contribution in [1.29, 1.82) is 0 Å². The van der Waals surface area contributed by atoms with E-state index in [1.54, 1.807) is 0 Å². The molecule has 1 heterocycles. The molecule has 0 amide bonds. The molecule has 0 atom stereocenters. The number of hydrogen-bond acceptors (Lipinski definition) is 0. The number of aryl methyl sites for hydroxylation is 2. The second kappa shape index (κ2) is 5.44. The maximum absolute atomic E-state index is 3.44. The van der Waals surface area contributed by atoms with Gasteiger partial charge in [-0.25, -0.2) is 0 Å². The van der Waals surface area contributed by atoms with Crippen molar-refractivity contribution in [2.45, 2.75) is 13.8 Å². The first-order valence-corrected chi connectivity index (χ1v) is 7.97. The van der Waals surface area contributed by atoms with E-state index in [0.717, 1.165) is 0 Å². The van der Waals surface area contributed by atoms with Crippen LogP contribution in [0, 0.1) is 13.8 Å². The highest BCUT2D eigenvalue weighted by molar-refractivity contribution is 5.96.